The third-order valence-corrected chi connectivity index (χ3v) is 3.72. The average molecular weight is 248 g/mol. The van der Waals surface area contributed by atoms with Crippen LogP contribution >= 0.6 is 0 Å². The summed E-state index contributed by atoms with van der Waals surface area (Å²) in [5.41, 5.74) is 8.07. The Morgan fingerprint density at radius 1 is 1.39 bits per heavy atom. The SMILES string of the molecule is NCc1ccccc1CC1CCN(C=O)CC1O. The lowest BCUT2D eigenvalue weighted by molar-refractivity contribution is -0.122. The third kappa shape index (κ3) is 2.89. The fourth-order valence-corrected chi connectivity index (χ4v) is 2.58. The molecule has 0 radical (unpaired) electrons. The van der Waals surface area contributed by atoms with E-state index in [9.17, 15) is 9.90 Å². The van der Waals surface area contributed by atoms with Gasteiger partial charge in [0, 0.05) is 19.6 Å². The Labute approximate surface area is 107 Å². The maximum Gasteiger partial charge on any atom is 0.209 e. The van der Waals surface area contributed by atoms with E-state index in [0.717, 1.165) is 31.4 Å². The summed E-state index contributed by atoms with van der Waals surface area (Å²) in [4.78, 5) is 12.3. The molecule has 18 heavy (non-hydrogen) atoms. The number of hydrogen-bond acceptors (Lipinski definition) is 3. The Morgan fingerprint density at radius 2 is 2.11 bits per heavy atom. The first kappa shape index (κ1) is 13.1. The number of β-amino-alcohol motifs (C(OH)–C–C–N with tert-alkyl or cyclic N) is 1. The van der Waals surface area contributed by atoms with Crippen molar-refractivity contribution in [3.8, 4) is 0 Å². The van der Waals surface area contributed by atoms with E-state index >= 15 is 0 Å². The zero-order valence-electron chi connectivity index (χ0n) is 10.5. The number of amides is 1. The second-order valence-electron chi connectivity index (χ2n) is 4.89. The van der Waals surface area contributed by atoms with Crippen LogP contribution in [0.3, 0.4) is 0 Å². The van der Waals surface area contributed by atoms with E-state index < -0.39 is 6.10 Å². The van der Waals surface area contributed by atoms with Crippen molar-refractivity contribution in [1.29, 1.82) is 0 Å². The summed E-state index contributed by atoms with van der Waals surface area (Å²) in [6.45, 7) is 1.70. The number of aliphatic hydroxyl groups excluding tert-OH is 1. The van der Waals surface area contributed by atoms with Crippen LogP contribution in [0.15, 0.2) is 24.3 Å². The summed E-state index contributed by atoms with van der Waals surface area (Å²) in [7, 11) is 0. The number of carbonyl (C=O) groups excluding carboxylic acids is 1. The summed E-state index contributed by atoms with van der Waals surface area (Å²) in [5.74, 6) is 0.217. The predicted molar refractivity (Wildman–Crippen MR) is 69.8 cm³/mol. The molecule has 1 aliphatic heterocycles. The van der Waals surface area contributed by atoms with E-state index in [1.54, 1.807) is 4.90 Å². The number of rotatable bonds is 4. The van der Waals surface area contributed by atoms with Crippen molar-refractivity contribution in [2.45, 2.75) is 25.5 Å². The smallest absolute Gasteiger partial charge is 0.209 e. The lowest BCUT2D eigenvalue weighted by Crippen LogP contribution is -2.43. The van der Waals surface area contributed by atoms with Crippen LogP contribution in [0, 0.1) is 5.92 Å². The first-order chi connectivity index (χ1) is 8.74. The van der Waals surface area contributed by atoms with Gasteiger partial charge in [-0.1, -0.05) is 24.3 Å². The molecule has 1 amide bonds. The number of benzene rings is 1. The van der Waals surface area contributed by atoms with Crippen LogP contribution in [0.2, 0.25) is 0 Å². The monoisotopic (exact) mass is 248 g/mol. The van der Waals surface area contributed by atoms with Gasteiger partial charge in [-0.25, -0.2) is 0 Å². The molecule has 0 aromatic heterocycles. The van der Waals surface area contributed by atoms with Crippen molar-refractivity contribution >= 4 is 6.41 Å². The van der Waals surface area contributed by atoms with E-state index in [1.807, 2.05) is 18.2 Å². The number of nitrogens with zero attached hydrogens (tertiary/aromatic N) is 1. The average Bonchev–Trinajstić information content (AvgIpc) is 2.41. The van der Waals surface area contributed by atoms with Crippen LogP contribution in [0.4, 0.5) is 0 Å². The molecule has 1 saturated heterocycles. The van der Waals surface area contributed by atoms with Crippen LogP contribution < -0.4 is 5.73 Å². The van der Waals surface area contributed by atoms with Gasteiger partial charge in [0.1, 0.15) is 0 Å². The Kier molecular flexibility index (Phi) is 4.33. The van der Waals surface area contributed by atoms with Crippen LogP contribution in [-0.2, 0) is 17.8 Å². The van der Waals surface area contributed by atoms with Gasteiger partial charge in [-0.05, 0) is 29.9 Å². The van der Waals surface area contributed by atoms with Crippen molar-refractivity contribution in [3.05, 3.63) is 35.4 Å². The van der Waals surface area contributed by atoms with Crippen molar-refractivity contribution in [2.24, 2.45) is 11.7 Å². The molecule has 3 N–H and O–H groups in total. The molecule has 1 aromatic carbocycles. The predicted octanol–water partition coefficient (Wildman–Crippen LogP) is 0.527. The Balaban J connectivity index is 2.03. The quantitative estimate of drug-likeness (QED) is 0.764. The van der Waals surface area contributed by atoms with Crippen LogP contribution in [-0.4, -0.2) is 35.6 Å². The van der Waals surface area contributed by atoms with Crippen molar-refractivity contribution in [2.75, 3.05) is 13.1 Å². The molecule has 2 rings (SSSR count). The summed E-state index contributed by atoms with van der Waals surface area (Å²) in [6, 6.07) is 8.09. The molecule has 4 nitrogen and oxygen atoms in total. The first-order valence-electron chi connectivity index (χ1n) is 6.39. The normalized spacial score (nSPS) is 24.0. The van der Waals surface area contributed by atoms with E-state index in [-0.39, 0.29) is 5.92 Å². The van der Waals surface area contributed by atoms with Crippen LogP contribution in [0.25, 0.3) is 0 Å². The summed E-state index contributed by atoms with van der Waals surface area (Å²) in [5, 5.41) is 10.1. The van der Waals surface area contributed by atoms with Crippen molar-refractivity contribution < 1.29 is 9.90 Å². The highest BCUT2D eigenvalue weighted by Gasteiger charge is 2.27. The van der Waals surface area contributed by atoms with Crippen molar-refractivity contribution in [3.63, 3.8) is 0 Å². The zero-order valence-corrected chi connectivity index (χ0v) is 10.5. The largest absolute Gasteiger partial charge is 0.391 e. The first-order valence-corrected chi connectivity index (χ1v) is 6.39. The number of carbonyl (C=O) groups is 1. The minimum Gasteiger partial charge on any atom is -0.391 e. The van der Waals surface area contributed by atoms with E-state index in [0.29, 0.717) is 13.1 Å². The fourth-order valence-electron chi connectivity index (χ4n) is 2.58. The fraction of sp³-hybridized carbons (Fsp3) is 0.500. The topological polar surface area (TPSA) is 66.6 Å². The second-order valence-corrected chi connectivity index (χ2v) is 4.89. The summed E-state index contributed by atoms with van der Waals surface area (Å²) in [6.07, 6.45) is 2.06. The molecule has 1 fully saturated rings. The van der Waals surface area contributed by atoms with E-state index in [2.05, 4.69) is 6.07 Å². The molecule has 0 bridgehead atoms. The maximum atomic E-state index is 10.7. The maximum absolute atomic E-state index is 10.7. The summed E-state index contributed by atoms with van der Waals surface area (Å²) >= 11 is 0. The van der Waals surface area contributed by atoms with Gasteiger partial charge in [-0.2, -0.15) is 0 Å². The minimum atomic E-state index is -0.435. The van der Waals surface area contributed by atoms with Gasteiger partial charge in [0.2, 0.25) is 6.41 Å². The molecule has 98 valence electrons. The Bertz CT molecular complexity index is 409. The third-order valence-electron chi connectivity index (χ3n) is 3.72. The van der Waals surface area contributed by atoms with Gasteiger partial charge < -0.3 is 15.7 Å². The van der Waals surface area contributed by atoms with Crippen LogP contribution in [0.1, 0.15) is 17.5 Å². The molecular formula is C14H20N2O2. The van der Waals surface area contributed by atoms with E-state index in [4.69, 9.17) is 5.73 Å². The Hall–Kier alpha value is -1.39. The summed E-state index contributed by atoms with van der Waals surface area (Å²) < 4.78 is 0. The number of hydrogen-bond donors (Lipinski definition) is 2. The molecule has 1 heterocycles. The number of likely N-dealkylation sites (tertiary alicyclic amines) is 1. The Morgan fingerprint density at radius 3 is 2.72 bits per heavy atom. The molecule has 0 spiro atoms. The van der Waals surface area contributed by atoms with E-state index in [1.165, 1.54) is 5.56 Å². The van der Waals surface area contributed by atoms with Gasteiger partial charge in [-0.3, -0.25) is 4.79 Å². The molecule has 1 aromatic rings. The lowest BCUT2D eigenvalue weighted by Gasteiger charge is -2.34. The molecule has 2 atom stereocenters. The number of aliphatic hydroxyl groups is 1. The molecule has 4 heteroatoms. The minimum absolute atomic E-state index is 0.217. The zero-order chi connectivity index (χ0) is 13.0. The number of piperidine rings is 1. The standard InChI is InChI=1S/C14H20N2O2/c15-8-13-4-2-1-3-11(13)7-12-5-6-16(10-17)9-14(12)18/h1-4,10,12,14,18H,5-9,15H2. The molecule has 1 aliphatic rings. The lowest BCUT2D eigenvalue weighted by atomic mass is 9.86. The molecule has 0 saturated carbocycles. The van der Waals surface area contributed by atoms with Gasteiger partial charge in [-0.15, -0.1) is 0 Å². The molecular weight excluding hydrogens is 228 g/mol. The second kappa shape index (κ2) is 5.98. The molecule has 2 unspecified atom stereocenters. The highest BCUT2D eigenvalue weighted by Crippen LogP contribution is 2.23. The van der Waals surface area contributed by atoms with Gasteiger partial charge >= 0.3 is 0 Å². The van der Waals surface area contributed by atoms with Crippen LogP contribution in [0.5, 0.6) is 0 Å². The van der Waals surface area contributed by atoms with Gasteiger partial charge in [0.15, 0.2) is 0 Å². The van der Waals surface area contributed by atoms with Gasteiger partial charge in [0.05, 0.1) is 6.10 Å². The highest BCUT2D eigenvalue weighted by molar-refractivity contribution is 5.47. The van der Waals surface area contributed by atoms with Gasteiger partial charge in [0.25, 0.3) is 0 Å². The highest BCUT2D eigenvalue weighted by atomic mass is 16.3. The van der Waals surface area contributed by atoms with Crippen molar-refractivity contribution in [1.82, 2.24) is 4.90 Å². The molecule has 0 aliphatic carbocycles. The number of nitrogens with two attached hydrogens (primary N) is 1.